The normalized spacial score (nSPS) is 20.8. The number of aromatic nitrogens is 1. The summed E-state index contributed by atoms with van der Waals surface area (Å²) in [5, 5.41) is 12.1. The molecule has 6 nitrogen and oxygen atoms in total. The summed E-state index contributed by atoms with van der Waals surface area (Å²) in [6, 6.07) is 3.70. The summed E-state index contributed by atoms with van der Waals surface area (Å²) in [5.74, 6) is -1.12. The first kappa shape index (κ1) is 15.3. The molecule has 0 saturated heterocycles. The monoisotopic (exact) mass is 292 g/mol. The van der Waals surface area contributed by atoms with Crippen molar-refractivity contribution in [3.05, 3.63) is 29.1 Å². The van der Waals surface area contributed by atoms with Crippen molar-refractivity contribution in [3.63, 3.8) is 0 Å². The fraction of sp³-hybridized carbons (Fsp3) is 0.533. The van der Waals surface area contributed by atoms with Crippen molar-refractivity contribution in [3.8, 4) is 0 Å². The Morgan fingerprint density at radius 3 is 2.62 bits per heavy atom. The van der Waals surface area contributed by atoms with Crippen molar-refractivity contribution in [2.24, 2.45) is 0 Å². The molecule has 6 heteroatoms. The Balaban J connectivity index is 2.35. The first-order valence-electron chi connectivity index (χ1n) is 6.86. The molecule has 1 heterocycles. The summed E-state index contributed by atoms with van der Waals surface area (Å²) in [6.07, 6.45) is 0.0824. The van der Waals surface area contributed by atoms with E-state index < -0.39 is 23.2 Å². The van der Waals surface area contributed by atoms with E-state index >= 15 is 0 Å². The van der Waals surface area contributed by atoms with Crippen LogP contribution in [0.1, 0.15) is 44.1 Å². The Kier molecular flexibility index (Phi) is 3.65. The van der Waals surface area contributed by atoms with Crippen molar-refractivity contribution < 1.29 is 19.4 Å². The van der Waals surface area contributed by atoms with Crippen molar-refractivity contribution in [2.45, 2.75) is 51.7 Å². The predicted octanol–water partition coefficient (Wildman–Crippen LogP) is 2.14. The molecule has 0 bridgehead atoms. The second-order valence-electron chi connectivity index (χ2n) is 6.30. The summed E-state index contributed by atoms with van der Waals surface area (Å²) < 4.78 is 5.18. The number of hydrogen-bond acceptors (Lipinski definition) is 4. The van der Waals surface area contributed by atoms with E-state index in [1.165, 1.54) is 0 Å². The van der Waals surface area contributed by atoms with Gasteiger partial charge in [0.15, 0.2) is 5.54 Å². The van der Waals surface area contributed by atoms with Gasteiger partial charge >= 0.3 is 12.1 Å². The first-order chi connectivity index (χ1) is 9.64. The molecule has 1 aromatic rings. The van der Waals surface area contributed by atoms with E-state index in [-0.39, 0.29) is 6.42 Å². The SMILES string of the molecule is Cc1ccc2c(n1)C(NC(=O)OC(C)(C)C)(C(=O)O)CC2. The zero-order valence-corrected chi connectivity index (χ0v) is 12.7. The molecule has 0 saturated carbocycles. The van der Waals surface area contributed by atoms with E-state index in [1.807, 2.05) is 12.1 Å². The van der Waals surface area contributed by atoms with Gasteiger partial charge in [0, 0.05) is 5.69 Å². The van der Waals surface area contributed by atoms with Crippen molar-refractivity contribution in [2.75, 3.05) is 0 Å². The summed E-state index contributed by atoms with van der Waals surface area (Å²) in [4.78, 5) is 28.1. The fourth-order valence-electron chi connectivity index (χ4n) is 2.46. The molecule has 21 heavy (non-hydrogen) atoms. The number of aryl methyl sites for hydroxylation is 2. The molecule has 1 aromatic heterocycles. The van der Waals surface area contributed by atoms with E-state index in [2.05, 4.69) is 10.3 Å². The molecule has 1 amide bonds. The van der Waals surface area contributed by atoms with Gasteiger partial charge in [0.2, 0.25) is 0 Å². The molecule has 1 unspecified atom stereocenters. The van der Waals surface area contributed by atoms with Crippen molar-refractivity contribution >= 4 is 12.1 Å². The van der Waals surface area contributed by atoms with Crippen LogP contribution in [0.15, 0.2) is 12.1 Å². The van der Waals surface area contributed by atoms with Crippen molar-refractivity contribution in [1.82, 2.24) is 10.3 Å². The highest BCUT2D eigenvalue weighted by molar-refractivity contribution is 5.86. The maximum Gasteiger partial charge on any atom is 0.408 e. The molecule has 1 aliphatic rings. The fourth-order valence-corrected chi connectivity index (χ4v) is 2.46. The number of carboxylic acid groups (broad SMARTS) is 1. The number of carbonyl (C=O) groups is 2. The zero-order chi connectivity index (χ0) is 15.8. The average Bonchev–Trinajstić information content (AvgIpc) is 2.66. The van der Waals surface area contributed by atoms with Gasteiger partial charge in [-0.05, 0) is 52.2 Å². The summed E-state index contributed by atoms with van der Waals surface area (Å²) in [7, 11) is 0. The van der Waals surface area contributed by atoms with Crippen LogP contribution in [0.25, 0.3) is 0 Å². The minimum absolute atomic E-state index is 0.271. The van der Waals surface area contributed by atoms with E-state index in [0.717, 1.165) is 5.56 Å². The molecule has 1 aliphatic carbocycles. The number of aliphatic carboxylic acids is 1. The van der Waals surface area contributed by atoms with Crippen LogP contribution < -0.4 is 5.32 Å². The van der Waals surface area contributed by atoms with Gasteiger partial charge in [-0.3, -0.25) is 10.3 Å². The minimum atomic E-state index is -1.51. The third-order valence-corrected chi connectivity index (χ3v) is 3.37. The topological polar surface area (TPSA) is 88.5 Å². The number of hydrogen-bond donors (Lipinski definition) is 2. The van der Waals surface area contributed by atoms with Crippen molar-refractivity contribution in [1.29, 1.82) is 0 Å². The number of nitrogens with one attached hydrogen (secondary N) is 1. The lowest BCUT2D eigenvalue weighted by Gasteiger charge is -2.28. The number of ether oxygens (including phenoxy) is 1. The van der Waals surface area contributed by atoms with Crippen LogP contribution in [-0.4, -0.2) is 27.8 Å². The molecule has 0 aliphatic heterocycles. The van der Waals surface area contributed by atoms with Crippen LogP contribution in [0.2, 0.25) is 0 Å². The number of alkyl carbamates (subject to hydrolysis) is 1. The number of amides is 1. The standard InChI is InChI=1S/C15H20N2O4/c1-9-5-6-10-7-8-15(12(18)19,11(10)16-9)17-13(20)21-14(2,3)4/h5-6H,7-8H2,1-4H3,(H,17,20)(H,18,19). The van der Waals surface area contributed by atoms with Gasteiger partial charge in [-0.25, -0.2) is 9.59 Å². The Morgan fingerprint density at radius 2 is 2.05 bits per heavy atom. The van der Waals surface area contributed by atoms with Gasteiger partial charge in [0.25, 0.3) is 0 Å². The van der Waals surface area contributed by atoms with Crippen LogP contribution in [0.3, 0.4) is 0 Å². The van der Waals surface area contributed by atoms with Crippen LogP contribution in [0.5, 0.6) is 0 Å². The summed E-state index contributed by atoms with van der Waals surface area (Å²) in [6.45, 7) is 6.97. The minimum Gasteiger partial charge on any atom is -0.479 e. The Hall–Kier alpha value is -2.11. The second kappa shape index (κ2) is 5.02. The van der Waals surface area contributed by atoms with E-state index in [9.17, 15) is 14.7 Å². The molecule has 0 fully saturated rings. The number of rotatable bonds is 2. The highest BCUT2D eigenvalue weighted by Gasteiger charge is 2.49. The number of fused-ring (bicyclic) bond motifs is 1. The molecular weight excluding hydrogens is 272 g/mol. The highest BCUT2D eigenvalue weighted by Crippen LogP contribution is 2.36. The van der Waals surface area contributed by atoms with Gasteiger partial charge in [-0.2, -0.15) is 0 Å². The maximum absolute atomic E-state index is 12.0. The zero-order valence-electron chi connectivity index (χ0n) is 12.7. The lowest BCUT2D eigenvalue weighted by Crippen LogP contribution is -2.52. The molecule has 114 valence electrons. The van der Waals surface area contributed by atoms with Gasteiger partial charge < -0.3 is 9.84 Å². The van der Waals surface area contributed by atoms with Crippen LogP contribution in [-0.2, 0) is 21.5 Å². The Morgan fingerprint density at radius 1 is 1.38 bits per heavy atom. The maximum atomic E-state index is 12.0. The van der Waals surface area contributed by atoms with Gasteiger partial charge in [-0.15, -0.1) is 0 Å². The van der Waals surface area contributed by atoms with E-state index in [4.69, 9.17) is 4.74 Å². The lowest BCUT2D eigenvalue weighted by atomic mass is 9.96. The Bertz CT molecular complexity index is 592. The molecular formula is C15H20N2O4. The third-order valence-electron chi connectivity index (χ3n) is 3.37. The van der Waals surface area contributed by atoms with E-state index in [1.54, 1.807) is 27.7 Å². The lowest BCUT2D eigenvalue weighted by molar-refractivity contribution is -0.145. The van der Waals surface area contributed by atoms with Gasteiger partial charge in [0.05, 0.1) is 5.69 Å². The van der Waals surface area contributed by atoms with Crippen LogP contribution in [0, 0.1) is 6.92 Å². The average molecular weight is 292 g/mol. The molecule has 1 atom stereocenters. The van der Waals surface area contributed by atoms with E-state index in [0.29, 0.717) is 17.8 Å². The first-order valence-corrected chi connectivity index (χ1v) is 6.86. The number of pyridine rings is 1. The Labute approximate surface area is 123 Å². The number of nitrogens with zero attached hydrogens (tertiary/aromatic N) is 1. The number of carboxylic acids is 1. The van der Waals surface area contributed by atoms with Crippen LogP contribution in [0.4, 0.5) is 4.79 Å². The largest absolute Gasteiger partial charge is 0.479 e. The van der Waals surface area contributed by atoms with Gasteiger partial charge in [0.1, 0.15) is 5.60 Å². The van der Waals surface area contributed by atoms with Gasteiger partial charge in [-0.1, -0.05) is 6.07 Å². The molecule has 0 radical (unpaired) electrons. The third kappa shape index (κ3) is 2.99. The highest BCUT2D eigenvalue weighted by atomic mass is 16.6. The molecule has 2 N–H and O–H groups in total. The molecule has 0 spiro atoms. The predicted molar refractivity (Wildman–Crippen MR) is 76.0 cm³/mol. The smallest absolute Gasteiger partial charge is 0.408 e. The summed E-state index contributed by atoms with van der Waals surface area (Å²) >= 11 is 0. The summed E-state index contributed by atoms with van der Waals surface area (Å²) in [5.41, 5.74) is -0.234. The molecule has 2 rings (SSSR count). The molecule has 0 aromatic carbocycles. The van der Waals surface area contributed by atoms with Crippen LogP contribution >= 0.6 is 0 Å². The number of carbonyl (C=O) groups excluding carboxylic acids is 1. The second-order valence-corrected chi connectivity index (χ2v) is 6.30. The quantitative estimate of drug-likeness (QED) is 0.871.